The summed E-state index contributed by atoms with van der Waals surface area (Å²) >= 11 is 1.86. The lowest BCUT2D eigenvalue weighted by Crippen LogP contribution is -2.43. The van der Waals surface area contributed by atoms with E-state index in [2.05, 4.69) is 98.8 Å². The summed E-state index contributed by atoms with van der Waals surface area (Å²) in [5.74, 6) is 0. The number of hydrogen-bond donors (Lipinski definition) is 0. The van der Waals surface area contributed by atoms with Crippen molar-refractivity contribution in [3.05, 3.63) is 70.5 Å². The Balaban J connectivity index is 1.74. The summed E-state index contributed by atoms with van der Waals surface area (Å²) in [4.78, 5) is 3.67. The topological polar surface area (TPSA) is 7.12 Å². The summed E-state index contributed by atoms with van der Waals surface area (Å²) in [5, 5.41) is 3.90. The fraction of sp³-hybridized carbons (Fsp3) is 0.292. The highest BCUT2D eigenvalue weighted by Crippen LogP contribution is 2.49. The predicted molar refractivity (Wildman–Crippen MR) is 117 cm³/mol. The minimum atomic E-state index is 0.533. The van der Waals surface area contributed by atoms with E-state index in [1.165, 1.54) is 43.3 Å². The van der Waals surface area contributed by atoms with Gasteiger partial charge in [-0.1, -0.05) is 49.0 Å². The third-order valence-corrected chi connectivity index (χ3v) is 6.73. The normalized spacial score (nSPS) is 16.2. The Hall–Kier alpha value is -2.26. The third kappa shape index (κ3) is 3.14. The molecule has 2 heterocycles. The number of anilines is 1. The van der Waals surface area contributed by atoms with Crippen LogP contribution >= 0.6 is 11.8 Å². The summed E-state index contributed by atoms with van der Waals surface area (Å²) in [6.45, 7) is 8.97. The van der Waals surface area contributed by atoms with Gasteiger partial charge in [0.1, 0.15) is 0 Å². The van der Waals surface area contributed by atoms with E-state index in [1.807, 2.05) is 11.8 Å². The van der Waals surface area contributed by atoms with Crippen LogP contribution in [0.1, 0.15) is 43.3 Å². The number of pyridine rings is 1. The first-order valence-corrected chi connectivity index (χ1v) is 10.5. The molecule has 0 bridgehead atoms. The zero-order valence-electron chi connectivity index (χ0n) is 16.8. The Morgan fingerprint density at radius 2 is 1.78 bits per heavy atom. The second-order valence-electron chi connectivity index (χ2n) is 7.48. The van der Waals surface area contributed by atoms with Crippen molar-refractivity contribution in [1.82, 2.24) is 0 Å². The molecule has 0 radical (unpaired) electrons. The number of nitrogens with zero attached hydrogens (tertiary/aromatic N) is 2. The molecule has 0 N–H and O–H groups in total. The van der Waals surface area contributed by atoms with Crippen LogP contribution in [-0.4, -0.2) is 7.05 Å². The van der Waals surface area contributed by atoms with Gasteiger partial charge in [0.05, 0.1) is 10.7 Å². The van der Waals surface area contributed by atoms with Gasteiger partial charge < -0.3 is 4.90 Å². The van der Waals surface area contributed by atoms with Crippen molar-refractivity contribution in [2.24, 2.45) is 0 Å². The highest BCUT2D eigenvalue weighted by molar-refractivity contribution is 8.04. The molecule has 3 heteroatoms. The molecule has 0 saturated heterocycles. The van der Waals surface area contributed by atoms with Crippen molar-refractivity contribution in [2.45, 2.75) is 45.1 Å². The zero-order valence-corrected chi connectivity index (χ0v) is 17.6. The minimum absolute atomic E-state index is 0.533. The average molecular weight is 376 g/mol. The summed E-state index contributed by atoms with van der Waals surface area (Å²) in [6, 6.07) is 18.3. The molecular formula is C24H27N2S+. The van der Waals surface area contributed by atoms with E-state index in [-0.39, 0.29) is 0 Å². The maximum absolute atomic E-state index is 2.44. The Kier molecular flexibility index (Phi) is 4.73. The van der Waals surface area contributed by atoms with Gasteiger partial charge in [-0.3, -0.25) is 0 Å². The number of aromatic nitrogens is 1. The van der Waals surface area contributed by atoms with E-state index in [0.29, 0.717) is 6.04 Å². The van der Waals surface area contributed by atoms with Gasteiger partial charge in [0.15, 0.2) is 17.4 Å². The van der Waals surface area contributed by atoms with Crippen LogP contribution in [0.5, 0.6) is 0 Å². The molecule has 0 fully saturated rings. The molecule has 0 amide bonds. The van der Waals surface area contributed by atoms with Crippen LogP contribution in [0, 0.1) is 13.8 Å². The molecule has 138 valence electrons. The van der Waals surface area contributed by atoms with E-state index >= 15 is 0 Å². The standard InChI is InChI=1S/C24H27N2S/c1-6-16(2)26-17(3)13-19(14-18(26)4)15-23-25(5)24-21-10-8-7-9-20(21)11-12-22(24)27-23/h7-16H,6H2,1-5H3/q+1/t16-/m0/s1. The summed E-state index contributed by atoms with van der Waals surface area (Å²) in [6.07, 6.45) is 3.47. The van der Waals surface area contributed by atoms with E-state index in [4.69, 9.17) is 0 Å². The number of aryl methyl sites for hydroxylation is 2. The van der Waals surface area contributed by atoms with Gasteiger partial charge in [0.25, 0.3) is 0 Å². The van der Waals surface area contributed by atoms with Crippen molar-refractivity contribution in [3.63, 3.8) is 0 Å². The lowest BCUT2D eigenvalue weighted by molar-refractivity contribution is -0.730. The maximum Gasteiger partial charge on any atom is 0.179 e. The van der Waals surface area contributed by atoms with Crippen molar-refractivity contribution >= 4 is 34.3 Å². The Morgan fingerprint density at radius 1 is 1.07 bits per heavy atom. The van der Waals surface area contributed by atoms with Crippen molar-refractivity contribution < 1.29 is 4.57 Å². The van der Waals surface area contributed by atoms with Gasteiger partial charge in [-0.05, 0) is 30.0 Å². The third-order valence-electron chi connectivity index (χ3n) is 5.58. The average Bonchev–Trinajstić information content (AvgIpc) is 2.97. The molecule has 0 spiro atoms. The summed E-state index contributed by atoms with van der Waals surface area (Å²) in [7, 11) is 2.18. The van der Waals surface area contributed by atoms with Crippen LogP contribution in [0.15, 0.2) is 58.5 Å². The van der Waals surface area contributed by atoms with Gasteiger partial charge in [0, 0.05) is 49.7 Å². The first-order valence-electron chi connectivity index (χ1n) is 9.67. The lowest BCUT2D eigenvalue weighted by Gasteiger charge is -2.16. The fourth-order valence-corrected chi connectivity index (χ4v) is 5.25. The number of thioether (sulfide) groups is 1. The SMILES string of the molecule is CC[C@H](C)[n+]1c(C)cc(C=C2Sc3ccc4ccccc4c3N2C)cc1C. The molecule has 2 aromatic carbocycles. The van der Waals surface area contributed by atoms with E-state index in [9.17, 15) is 0 Å². The molecule has 0 saturated carbocycles. The first-order chi connectivity index (χ1) is 13.0. The molecule has 0 unspecified atom stereocenters. The van der Waals surface area contributed by atoms with Crippen molar-refractivity contribution in [1.29, 1.82) is 0 Å². The smallest absolute Gasteiger partial charge is 0.179 e. The molecule has 0 aliphatic carbocycles. The van der Waals surface area contributed by atoms with E-state index in [1.54, 1.807) is 0 Å². The second-order valence-corrected chi connectivity index (χ2v) is 8.54. The number of benzene rings is 2. The van der Waals surface area contributed by atoms with Gasteiger partial charge in [-0.25, -0.2) is 0 Å². The molecule has 27 heavy (non-hydrogen) atoms. The predicted octanol–water partition coefficient (Wildman–Crippen LogP) is 6.26. The molecule has 1 aliphatic heterocycles. The molecule has 1 atom stereocenters. The number of rotatable bonds is 3. The Morgan fingerprint density at radius 3 is 2.48 bits per heavy atom. The largest absolute Gasteiger partial charge is 0.338 e. The van der Waals surface area contributed by atoms with Crippen LogP contribution in [0.4, 0.5) is 5.69 Å². The van der Waals surface area contributed by atoms with Gasteiger partial charge in [-0.15, -0.1) is 0 Å². The van der Waals surface area contributed by atoms with E-state index < -0.39 is 0 Å². The van der Waals surface area contributed by atoms with Crippen LogP contribution < -0.4 is 9.47 Å². The van der Waals surface area contributed by atoms with Crippen molar-refractivity contribution in [2.75, 3.05) is 11.9 Å². The number of fused-ring (bicyclic) bond motifs is 3. The van der Waals surface area contributed by atoms with Crippen LogP contribution in [-0.2, 0) is 0 Å². The van der Waals surface area contributed by atoms with Crippen LogP contribution in [0.2, 0.25) is 0 Å². The quantitative estimate of drug-likeness (QED) is 0.499. The zero-order chi connectivity index (χ0) is 19.1. The van der Waals surface area contributed by atoms with Gasteiger partial charge in [0.2, 0.25) is 0 Å². The minimum Gasteiger partial charge on any atom is -0.338 e. The molecule has 2 nitrogen and oxygen atoms in total. The molecule has 3 aromatic rings. The Labute approximate surface area is 166 Å². The Bertz CT molecular complexity index is 1030. The fourth-order valence-electron chi connectivity index (χ4n) is 4.13. The van der Waals surface area contributed by atoms with Crippen LogP contribution in [0.3, 0.4) is 0 Å². The summed E-state index contributed by atoms with van der Waals surface area (Å²) in [5.41, 5.74) is 5.24. The highest BCUT2D eigenvalue weighted by Gasteiger charge is 2.25. The second kappa shape index (κ2) is 7.05. The highest BCUT2D eigenvalue weighted by atomic mass is 32.2. The molecule has 1 aromatic heterocycles. The molecule has 4 rings (SSSR count). The number of hydrogen-bond acceptors (Lipinski definition) is 2. The molecule has 1 aliphatic rings. The monoisotopic (exact) mass is 375 g/mol. The van der Waals surface area contributed by atoms with Gasteiger partial charge in [-0.2, -0.15) is 4.57 Å². The first kappa shape index (κ1) is 18.1. The maximum atomic E-state index is 2.44. The summed E-state index contributed by atoms with van der Waals surface area (Å²) < 4.78 is 2.44. The van der Waals surface area contributed by atoms with E-state index in [0.717, 1.165) is 6.42 Å². The van der Waals surface area contributed by atoms with Crippen molar-refractivity contribution in [3.8, 4) is 0 Å². The van der Waals surface area contributed by atoms with Gasteiger partial charge >= 0.3 is 0 Å². The van der Waals surface area contributed by atoms with Crippen LogP contribution in [0.25, 0.3) is 16.8 Å². The lowest BCUT2D eigenvalue weighted by atomic mass is 10.1. The molecular weight excluding hydrogens is 348 g/mol.